The zero-order chi connectivity index (χ0) is 9.68. The molecule has 2 nitrogen and oxygen atoms in total. The lowest BCUT2D eigenvalue weighted by atomic mass is 10.2. The summed E-state index contributed by atoms with van der Waals surface area (Å²) >= 11 is 0. The van der Waals surface area contributed by atoms with Crippen LogP contribution in [0.5, 0.6) is 0 Å². The lowest BCUT2D eigenvalue weighted by Gasteiger charge is -2.07. The van der Waals surface area contributed by atoms with E-state index in [4.69, 9.17) is 6.42 Å². The van der Waals surface area contributed by atoms with Gasteiger partial charge >= 0.3 is 0 Å². The van der Waals surface area contributed by atoms with E-state index >= 15 is 0 Å². The summed E-state index contributed by atoms with van der Waals surface area (Å²) < 4.78 is 0. The largest absolute Gasteiger partial charge is 0.310 e. The van der Waals surface area contributed by atoms with Crippen LogP contribution < -0.4 is 5.32 Å². The monoisotopic (exact) mass is 174 g/mol. The SMILES string of the molecule is C#Cc1cncc(CNC(C)C)c1. The summed E-state index contributed by atoms with van der Waals surface area (Å²) in [5.74, 6) is 2.56. The van der Waals surface area contributed by atoms with Gasteiger partial charge in [0.25, 0.3) is 0 Å². The van der Waals surface area contributed by atoms with Crippen molar-refractivity contribution < 1.29 is 0 Å². The summed E-state index contributed by atoms with van der Waals surface area (Å²) in [6.07, 6.45) is 8.79. The van der Waals surface area contributed by atoms with Crippen LogP contribution in [-0.2, 0) is 6.54 Å². The molecule has 0 amide bonds. The molecule has 1 heterocycles. The van der Waals surface area contributed by atoms with Crippen LogP contribution in [0.2, 0.25) is 0 Å². The van der Waals surface area contributed by atoms with Crippen LogP contribution in [0.15, 0.2) is 18.5 Å². The van der Waals surface area contributed by atoms with E-state index in [1.54, 1.807) is 6.20 Å². The molecule has 0 radical (unpaired) electrons. The summed E-state index contributed by atoms with van der Waals surface area (Å²) in [6, 6.07) is 2.46. The highest BCUT2D eigenvalue weighted by atomic mass is 14.9. The number of nitrogens with zero attached hydrogens (tertiary/aromatic N) is 1. The fourth-order valence-electron chi connectivity index (χ4n) is 0.985. The predicted octanol–water partition coefficient (Wildman–Crippen LogP) is 1.56. The van der Waals surface area contributed by atoms with Crippen LogP contribution in [0.3, 0.4) is 0 Å². The van der Waals surface area contributed by atoms with Crippen molar-refractivity contribution in [2.75, 3.05) is 0 Å². The van der Waals surface area contributed by atoms with E-state index in [1.165, 1.54) is 0 Å². The number of nitrogens with one attached hydrogen (secondary N) is 1. The summed E-state index contributed by atoms with van der Waals surface area (Å²) in [6.45, 7) is 5.04. The Balaban J connectivity index is 2.63. The molecule has 0 aliphatic rings. The van der Waals surface area contributed by atoms with Gasteiger partial charge in [-0.3, -0.25) is 4.98 Å². The van der Waals surface area contributed by atoms with Gasteiger partial charge in [0.2, 0.25) is 0 Å². The zero-order valence-corrected chi connectivity index (χ0v) is 8.04. The third-order valence-electron chi connectivity index (χ3n) is 1.68. The number of rotatable bonds is 3. The molecule has 1 N–H and O–H groups in total. The highest BCUT2D eigenvalue weighted by Gasteiger charge is 1.96. The molecule has 1 aromatic heterocycles. The van der Waals surface area contributed by atoms with Gasteiger partial charge in [0.05, 0.1) is 0 Å². The van der Waals surface area contributed by atoms with E-state index in [1.807, 2.05) is 12.3 Å². The maximum absolute atomic E-state index is 5.26. The standard InChI is InChI=1S/C11H14N2/c1-4-10-5-11(7-12-6-10)8-13-9(2)3/h1,5-7,9,13H,8H2,2-3H3. The number of terminal acetylenes is 1. The highest BCUT2D eigenvalue weighted by molar-refractivity contribution is 5.31. The van der Waals surface area contributed by atoms with Crippen LogP contribution in [0.4, 0.5) is 0 Å². The topological polar surface area (TPSA) is 24.9 Å². The first-order valence-electron chi connectivity index (χ1n) is 4.36. The number of pyridine rings is 1. The van der Waals surface area contributed by atoms with Gasteiger partial charge in [-0.2, -0.15) is 0 Å². The van der Waals surface area contributed by atoms with Crippen molar-refractivity contribution in [2.24, 2.45) is 0 Å². The Morgan fingerprint density at radius 3 is 2.92 bits per heavy atom. The average molecular weight is 174 g/mol. The van der Waals surface area contributed by atoms with Gasteiger partial charge in [0.15, 0.2) is 0 Å². The van der Waals surface area contributed by atoms with E-state index in [-0.39, 0.29) is 0 Å². The van der Waals surface area contributed by atoms with Crippen LogP contribution in [-0.4, -0.2) is 11.0 Å². The van der Waals surface area contributed by atoms with Crippen molar-refractivity contribution >= 4 is 0 Å². The molecular weight excluding hydrogens is 160 g/mol. The molecule has 68 valence electrons. The second kappa shape index (κ2) is 4.64. The van der Waals surface area contributed by atoms with E-state index in [9.17, 15) is 0 Å². The third kappa shape index (κ3) is 3.27. The van der Waals surface area contributed by atoms with Gasteiger partial charge in [-0.15, -0.1) is 6.42 Å². The molecule has 0 saturated carbocycles. The average Bonchev–Trinajstić information content (AvgIpc) is 2.15. The molecule has 2 heteroatoms. The number of aromatic nitrogens is 1. The molecule has 0 bridgehead atoms. The van der Waals surface area contributed by atoms with Crippen molar-refractivity contribution in [3.05, 3.63) is 29.6 Å². The maximum atomic E-state index is 5.26. The third-order valence-corrected chi connectivity index (χ3v) is 1.68. The van der Waals surface area contributed by atoms with Crippen molar-refractivity contribution in [3.63, 3.8) is 0 Å². The fraction of sp³-hybridized carbons (Fsp3) is 0.364. The van der Waals surface area contributed by atoms with Gasteiger partial charge in [-0.25, -0.2) is 0 Å². The molecule has 0 saturated heterocycles. The lowest BCUT2D eigenvalue weighted by Crippen LogP contribution is -2.21. The molecule has 1 aromatic rings. The van der Waals surface area contributed by atoms with Crippen LogP contribution in [0.1, 0.15) is 25.0 Å². The number of hydrogen-bond acceptors (Lipinski definition) is 2. The van der Waals surface area contributed by atoms with Crippen LogP contribution >= 0.6 is 0 Å². The summed E-state index contributed by atoms with van der Waals surface area (Å²) in [7, 11) is 0. The summed E-state index contributed by atoms with van der Waals surface area (Å²) in [5, 5.41) is 3.30. The van der Waals surface area contributed by atoms with Crippen molar-refractivity contribution in [2.45, 2.75) is 26.4 Å². The summed E-state index contributed by atoms with van der Waals surface area (Å²) in [4.78, 5) is 4.05. The Hall–Kier alpha value is -1.33. The van der Waals surface area contributed by atoms with Gasteiger partial charge in [0.1, 0.15) is 0 Å². The molecular formula is C11H14N2. The van der Waals surface area contributed by atoms with Gasteiger partial charge < -0.3 is 5.32 Å². The molecule has 1 rings (SSSR count). The Morgan fingerprint density at radius 2 is 2.31 bits per heavy atom. The predicted molar refractivity (Wildman–Crippen MR) is 54.1 cm³/mol. The first kappa shape index (κ1) is 9.76. The Morgan fingerprint density at radius 1 is 1.54 bits per heavy atom. The van der Waals surface area contributed by atoms with Crippen molar-refractivity contribution in [3.8, 4) is 12.3 Å². The minimum Gasteiger partial charge on any atom is -0.310 e. The molecule has 0 aromatic carbocycles. The van der Waals surface area contributed by atoms with Crippen molar-refractivity contribution in [1.82, 2.24) is 10.3 Å². The van der Waals surface area contributed by atoms with Gasteiger partial charge in [-0.05, 0) is 11.6 Å². The van der Waals surface area contributed by atoms with E-state index in [0.29, 0.717) is 6.04 Å². The van der Waals surface area contributed by atoms with E-state index < -0.39 is 0 Å². The van der Waals surface area contributed by atoms with Gasteiger partial charge in [-0.1, -0.05) is 19.8 Å². The molecule has 0 atom stereocenters. The lowest BCUT2D eigenvalue weighted by molar-refractivity contribution is 0.588. The quantitative estimate of drug-likeness (QED) is 0.703. The Labute approximate surface area is 79.4 Å². The maximum Gasteiger partial charge on any atom is 0.0429 e. The first-order chi connectivity index (χ1) is 6.22. The molecule has 0 spiro atoms. The smallest absolute Gasteiger partial charge is 0.0429 e. The molecule has 0 unspecified atom stereocenters. The second-order valence-corrected chi connectivity index (χ2v) is 3.26. The van der Waals surface area contributed by atoms with E-state index in [0.717, 1.165) is 17.7 Å². The van der Waals surface area contributed by atoms with Crippen molar-refractivity contribution in [1.29, 1.82) is 0 Å². The highest BCUT2D eigenvalue weighted by Crippen LogP contribution is 2.01. The van der Waals surface area contributed by atoms with E-state index in [2.05, 4.69) is 30.1 Å². The molecule has 0 fully saturated rings. The van der Waals surface area contributed by atoms with Crippen LogP contribution in [0.25, 0.3) is 0 Å². The van der Waals surface area contributed by atoms with Gasteiger partial charge in [0, 0.05) is 30.5 Å². The molecule has 0 aliphatic heterocycles. The second-order valence-electron chi connectivity index (χ2n) is 3.26. The first-order valence-corrected chi connectivity index (χ1v) is 4.36. The number of hydrogen-bond donors (Lipinski definition) is 1. The Kier molecular flexibility index (Phi) is 3.48. The molecule has 13 heavy (non-hydrogen) atoms. The van der Waals surface area contributed by atoms with Crippen LogP contribution in [0, 0.1) is 12.3 Å². The normalized spacial score (nSPS) is 10.0. The minimum atomic E-state index is 0.481. The fourth-order valence-corrected chi connectivity index (χ4v) is 0.985. The summed E-state index contributed by atoms with van der Waals surface area (Å²) in [5.41, 5.74) is 1.97. The molecule has 0 aliphatic carbocycles. The minimum absolute atomic E-state index is 0.481. The zero-order valence-electron chi connectivity index (χ0n) is 8.04. The Bertz CT molecular complexity index is 310.